The molecule has 0 saturated heterocycles. The van der Waals surface area contributed by atoms with E-state index < -0.39 is 0 Å². The molecule has 0 radical (unpaired) electrons. The molecular formula is C14H16FNS. The first-order valence-corrected chi connectivity index (χ1v) is 6.68. The molecule has 0 aliphatic heterocycles. The fraction of sp³-hybridized carbons (Fsp3) is 0.286. The number of thiophene rings is 1. The molecule has 0 aliphatic rings. The zero-order valence-corrected chi connectivity index (χ0v) is 10.9. The summed E-state index contributed by atoms with van der Waals surface area (Å²) < 4.78 is 13.1. The molecular weight excluding hydrogens is 233 g/mol. The van der Waals surface area contributed by atoms with Crippen LogP contribution in [0.2, 0.25) is 0 Å². The molecule has 0 amide bonds. The lowest BCUT2D eigenvalue weighted by Gasteiger charge is -2.19. The van der Waals surface area contributed by atoms with E-state index in [1.54, 1.807) is 17.4 Å². The van der Waals surface area contributed by atoms with E-state index in [0.29, 0.717) is 0 Å². The molecule has 0 aliphatic carbocycles. The second kappa shape index (κ2) is 5.43. The molecule has 17 heavy (non-hydrogen) atoms. The van der Waals surface area contributed by atoms with Crippen molar-refractivity contribution in [3.63, 3.8) is 0 Å². The Bertz CT molecular complexity index is 479. The van der Waals surface area contributed by atoms with E-state index in [0.717, 1.165) is 17.7 Å². The summed E-state index contributed by atoms with van der Waals surface area (Å²) in [6.07, 6.45) is 0. The lowest BCUT2D eigenvalue weighted by atomic mass is 9.97. The molecule has 1 heterocycles. The molecule has 1 N–H and O–H groups in total. The van der Waals surface area contributed by atoms with Crippen LogP contribution in [0, 0.1) is 12.7 Å². The summed E-state index contributed by atoms with van der Waals surface area (Å²) in [7, 11) is 0. The number of halogens is 1. The van der Waals surface area contributed by atoms with E-state index in [2.05, 4.69) is 29.1 Å². The first-order chi connectivity index (χ1) is 8.22. The maximum absolute atomic E-state index is 13.1. The highest BCUT2D eigenvalue weighted by molar-refractivity contribution is 7.08. The molecule has 1 nitrogen and oxygen atoms in total. The summed E-state index contributed by atoms with van der Waals surface area (Å²) in [5.74, 6) is -0.174. The van der Waals surface area contributed by atoms with Crippen LogP contribution in [-0.2, 0) is 0 Å². The van der Waals surface area contributed by atoms with Crippen LogP contribution in [0.25, 0.3) is 0 Å². The third-order valence-electron chi connectivity index (χ3n) is 2.83. The maximum atomic E-state index is 13.1. The zero-order chi connectivity index (χ0) is 12.3. The summed E-state index contributed by atoms with van der Waals surface area (Å²) in [5.41, 5.74) is 3.38. The minimum Gasteiger partial charge on any atom is -0.306 e. The smallest absolute Gasteiger partial charge is 0.123 e. The highest BCUT2D eigenvalue weighted by Crippen LogP contribution is 2.26. The fourth-order valence-corrected chi connectivity index (χ4v) is 2.70. The van der Waals surface area contributed by atoms with Gasteiger partial charge in [-0.2, -0.15) is 11.3 Å². The van der Waals surface area contributed by atoms with E-state index in [4.69, 9.17) is 0 Å². The van der Waals surface area contributed by atoms with Crippen molar-refractivity contribution >= 4 is 11.3 Å². The van der Waals surface area contributed by atoms with Crippen molar-refractivity contribution in [2.45, 2.75) is 19.9 Å². The molecule has 1 aromatic heterocycles. The third kappa shape index (κ3) is 2.73. The number of benzene rings is 1. The molecule has 0 fully saturated rings. The molecule has 90 valence electrons. The molecule has 3 heteroatoms. The van der Waals surface area contributed by atoms with Gasteiger partial charge in [-0.05, 0) is 59.1 Å². The van der Waals surface area contributed by atoms with Crippen molar-refractivity contribution in [1.29, 1.82) is 0 Å². The van der Waals surface area contributed by atoms with Crippen molar-refractivity contribution in [2.24, 2.45) is 0 Å². The van der Waals surface area contributed by atoms with Crippen molar-refractivity contribution in [3.8, 4) is 0 Å². The SMILES string of the molecule is CCNC(c1ccsc1)c1ccc(F)cc1C. The summed E-state index contributed by atoms with van der Waals surface area (Å²) in [5, 5.41) is 7.65. The van der Waals surface area contributed by atoms with Gasteiger partial charge in [0.05, 0.1) is 6.04 Å². The van der Waals surface area contributed by atoms with Crippen molar-refractivity contribution in [2.75, 3.05) is 6.54 Å². The average Bonchev–Trinajstić information content (AvgIpc) is 2.80. The molecule has 0 bridgehead atoms. The summed E-state index contributed by atoms with van der Waals surface area (Å²) >= 11 is 1.68. The van der Waals surface area contributed by atoms with Crippen LogP contribution in [-0.4, -0.2) is 6.54 Å². The largest absolute Gasteiger partial charge is 0.306 e. The summed E-state index contributed by atoms with van der Waals surface area (Å²) in [6.45, 7) is 4.92. The predicted octanol–water partition coefficient (Wildman–Crippen LogP) is 3.89. The van der Waals surface area contributed by atoms with E-state index in [1.165, 1.54) is 11.6 Å². The number of hydrogen-bond donors (Lipinski definition) is 1. The first kappa shape index (κ1) is 12.3. The van der Waals surface area contributed by atoms with Gasteiger partial charge in [0.25, 0.3) is 0 Å². The predicted molar refractivity (Wildman–Crippen MR) is 71.0 cm³/mol. The molecule has 2 rings (SSSR count). The van der Waals surface area contributed by atoms with Crippen molar-refractivity contribution in [1.82, 2.24) is 5.32 Å². The molecule has 2 aromatic rings. The van der Waals surface area contributed by atoms with Gasteiger partial charge in [-0.25, -0.2) is 4.39 Å². The van der Waals surface area contributed by atoms with Gasteiger partial charge >= 0.3 is 0 Å². The van der Waals surface area contributed by atoms with Crippen molar-refractivity contribution in [3.05, 3.63) is 57.5 Å². The Hall–Kier alpha value is -1.19. The van der Waals surface area contributed by atoms with E-state index in [-0.39, 0.29) is 11.9 Å². The van der Waals surface area contributed by atoms with Gasteiger partial charge in [-0.15, -0.1) is 0 Å². The number of aryl methyl sites for hydroxylation is 1. The maximum Gasteiger partial charge on any atom is 0.123 e. The lowest BCUT2D eigenvalue weighted by molar-refractivity contribution is 0.611. The minimum atomic E-state index is -0.174. The number of rotatable bonds is 4. The molecule has 0 saturated carbocycles. The Morgan fingerprint density at radius 1 is 1.35 bits per heavy atom. The van der Waals surface area contributed by atoms with Gasteiger partial charge in [0.15, 0.2) is 0 Å². The molecule has 1 aromatic carbocycles. The Kier molecular flexibility index (Phi) is 3.92. The Morgan fingerprint density at radius 2 is 2.18 bits per heavy atom. The normalized spacial score (nSPS) is 12.6. The highest BCUT2D eigenvalue weighted by atomic mass is 32.1. The molecule has 0 spiro atoms. The van der Waals surface area contributed by atoms with Gasteiger partial charge < -0.3 is 5.32 Å². The lowest BCUT2D eigenvalue weighted by Crippen LogP contribution is -2.22. The standard InChI is InChI=1S/C14H16FNS/c1-3-16-14(11-6-7-17-9-11)13-5-4-12(15)8-10(13)2/h4-9,14,16H,3H2,1-2H3. The number of hydrogen-bond acceptors (Lipinski definition) is 2. The van der Waals surface area contributed by atoms with E-state index >= 15 is 0 Å². The Morgan fingerprint density at radius 3 is 2.76 bits per heavy atom. The quantitative estimate of drug-likeness (QED) is 0.866. The van der Waals surface area contributed by atoms with Gasteiger partial charge in [-0.3, -0.25) is 0 Å². The first-order valence-electron chi connectivity index (χ1n) is 5.74. The number of nitrogens with one attached hydrogen (secondary N) is 1. The van der Waals surface area contributed by atoms with E-state index in [9.17, 15) is 4.39 Å². The third-order valence-corrected chi connectivity index (χ3v) is 3.53. The molecule has 1 unspecified atom stereocenters. The molecule has 1 atom stereocenters. The van der Waals surface area contributed by atoms with Gasteiger partial charge in [0.2, 0.25) is 0 Å². The second-order valence-corrected chi connectivity index (χ2v) is 4.83. The van der Waals surface area contributed by atoms with E-state index in [1.807, 2.05) is 13.0 Å². The Labute approximate surface area is 105 Å². The second-order valence-electron chi connectivity index (χ2n) is 4.05. The monoisotopic (exact) mass is 249 g/mol. The minimum absolute atomic E-state index is 0.159. The highest BCUT2D eigenvalue weighted by Gasteiger charge is 2.15. The zero-order valence-electron chi connectivity index (χ0n) is 10.0. The van der Waals surface area contributed by atoms with Crippen LogP contribution in [0.15, 0.2) is 35.0 Å². The van der Waals surface area contributed by atoms with Crippen LogP contribution in [0.3, 0.4) is 0 Å². The van der Waals surface area contributed by atoms with Crippen LogP contribution >= 0.6 is 11.3 Å². The van der Waals surface area contributed by atoms with Crippen LogP contribution in [0.1, 0.15) is 29.7 Å². The van der Waals surface area contributed by atoms with Gasteiger partial charge in [0, 0.05) is 0 Å². The van der Waals surface area contributed by atoms with Crippen LogP contribution in [0.5, 0.6) is 0 Å². The van der Waals surface area contributed by atoms with Crippen molar-refractivity contribution < 1.29 is 4.39 Å². The summed E-state index contributed by atoms with van der Waals surface area (Å²) in [4.78, 5) is 0. The van der Waals surface area contributed by atoms with Gasteiger partial charge in [-0.1, -0.05) is 13.0 Å². The Balaban J connectivity index is 2.39. The fourth-order valence-electron chi connectivity index (χ4n) is 2.01. The van der Waals surface area contributed by atoms with Crippen LogP contribution < -0.4 is 5.32 Å². The van der Waals surface area contributed by atoms with Crippen LogP contribution in [0.4, 0.5) is 4.39 Å². The average molecular weight is 249 g/mol. The summed E-state index contributed by atoms with van der Waals surface area (Å²) in [6, 6.07) is 7.26. The topological polar surface area (TPSA) is 12.0 Å². The van der Waals surface area contributed by atoms with Gasteiger partial charge in [0.1, 0.15) is 5.82 Å².